The third-order valence-corrected chi connectivity index (χ3v) is 6.01. The molecule has 1 saturated heterocycles. The molecule has 1 heterocycles. The average molecular weight is 176 g/mol. The van der Waals surface area contributed by atoms with E-state index in [0.717, 1.165) is 13.2 Å². The molecule has 0 aromatic carbocycles. The Morgan fingerprint density at radius 3 is 2.45 bits per heavy atom. The Morgan fingerprint density at radius 1 is 1.27 bits per heavy atom. The molecule has 0 atom stereocenters. The third-order valence-electron chi connectivity index (χ3n) is 2.43. The molecule has 0 unspecified atom stereocenters. The van der Waals surface area contributed by atoms with Gasteiger partial charge < -0.3 is 4.74 Å². The predicted octanol–water partition coefficient (Wildman–Crippen LogP) is 2.25. The lowest BCUT2D eigenvalue weighted by atomic mass is 10.4. The van der Waals surface area contributed by atoms with Crippen molar-refractivity contribution in [3.63, 3.8) is 0 Å². The van der Waals surface area contributed by atoms with E-state index in [-0.39, 0.29) is 10.0 Å². The van der Waals surface area contributed by atoms with Gasteiger partial charge in [-0.15, -0.1) is 0 Å². The zero-order valence-corrected chi connectivity index (χ0v) is 8.58. The maximum Gasteiger partial charge on any atom is 0.0542 e. The predicted molar refractivity (Wildman–Crippen MR) is 53.8 cm³/mol. The van der Waals surface area contributed by atoms with E-state index in [1.807, 2.05) is 0 Å². The minimum Gasteiger partial charge on any atom is -0.380 e. The van der Waals surface area contributed by atoms with Crippen LogP contribution in [0, 0.1) is 0 Å². The van der Waals surface area contributed by atoms with Gasteiger partial charge in [0.1, 0.15) is 0 Å². The van der Waals surface area contributed by atoms with Crippen molar-refractivity contribution in [2.45, 2.75) is 19.8 Å². The van der Waals surface area contributed by atoms with Gasteiger partial charge in [0.15, 0.2) is 0 Å². The minimum atomic E-state index is -0.227. The van der Waals surface area contributed by atoms with E-state index in [9.17, 15) is 0 Å². The summed E-state index contributed by atoms with van der Waals surface area (Å²) in [6.07, 6.45) is 5.26. The van der Waals surface area contributed by atoms with Gasteiger partial charge in [-0.2, -0.15) is 0 Å². The molecule has 0 saturated carbocycles. The summed E-state index contributed by atoms with van der Waals surface area (Å²) in [5.74, 6) is 4.19. The van der Waals surface area contributed by atoms with Crippen LogP contribution in [0.5, 0.6) is 0 Å². The first-order valence-corrected chi connectivity index (χ1v) is 7.11. The first-order valence-electron chi connectivity index (χ1n) is 4.56. The van der Waals surface area contributed by atoms with Crippen LogP contribution in [0.1, 0.15) is 19.8 Å². The fraction of sp³-hybridized carbons (Fsp3) is 1.00. The van der Waals surface area contributed by atoms with Crippen molar-refractivity contribution in [3.05, 3.63) is 0 Å². The zero-order valence-electron chi connectivity index (χ0n) is 7.77. The van der Waals surface area contributed by atoms with Crippen LogP contribution in [0.15, 0.2) is 0 Å². The Morgan fingerprint density at radius 2 is 1.91 bits per heavy atom. The molecule has 1 aliphatic rings. The molecule has 0 radical (unpaired) electrons. The Kier molecular flexibility index (Phi) is 3.73. The van der Waals surface area contributed by atoms with E-state index in [1.54, 1.807) is 0 Å². The van der Waals surface area contributed by atoms with E-state index in [0.29, 0.717) is 0 Å². The van der Waals surface area contributed by atoms with Crippen LogP contribution < -0.4 is 0 Å². The highest BCUT2D eigenvalue weighted by atomic mass is 32.3. The number of unbranched alkanes of at least 4 members (excludes halogenated alkanes) is 1. The Hall–Kier alpha value is 0.310. The summed E-state index contributed by atoms with van der Waals surface area (Å²) in [5.41, 5.74) is 0. The molecule has 0 bridgehead atoms. The van der Waals surface area contributed by atoms with E-state index < -0.39 is 0 Å². The molecule has 0 amide bonds. The maximum atomic E-state index is 5.37. The van der Waals surface area contributed by atoms with Gasteiger partial charge in [0.2, 0.25) is 0 Å². The van der Waals surface area contributed by atoms with Crippen molar-refractivity contribution in [1.82, 2.24) is 0 Å². The van der Waals surface area contributed by atoms with Gasteiger partial charge in [-0.3, -0.25) is 0 Å². The fourth-order valence-electron chi connectivity index (χ4n) is 1.42. The van der Waals surface area contributed by atoms with Crippen LogP contribution in [0.25, 0.3) is 0 Å². The third kappa shape index (κ3) is 3.04. The average Bonchev–Trinajstić information content (AvgIpc) is 2.03. The molecule has 11 heavy (non-hydrogen) atoms. The SMILES string of the molecule is CCCCS1(C)CCOCC1. The van der Waals surface area contributed by atoms with Gasteiger partial charge in [0.05, 0.1) is 13.2 Å². The van der Waals surface area contributed by atoms with Crippen molar-refractivity contribution < 1.29 is 4.74 Å². The maximum absolute atomic E-state index is 5.37. The van der Waals surface area contributed by atoms with Gasteiger partial charge >= 0.3 is 0 Å². The highest BCUT2D eigenvalue weighted by molar-refractivity contribution is 8.33. The molecule has 1 rings (SSSR count). The summed E-state index contributed by atoms with van der Waals surface area (Å²) in [4.78, 5) is 0. The molecule has 2 heteroatoms. The Labute approximate surface area is 71.8 Å². The van der Waals surface area contributed by atoms with Gasteiger partial charge in [0, 0.05) is 11.5 Å². The molecule has 0 spiro atoms. The standard InChI is InChI=1S/C9H20OS/c1-3-4-7-11(2)8-5-10-6-9-11/h3-9H2,1-2H3. The first kappa shape index (κ1) is 9.40. The second-order valence-corrected chi connectivity index (χ2v) is 7.74. The molecule has 0 aliphatic carbocycles. The lowest BCUT2D eigenvalue weighted by Crippen LogP contribution is -2.24. The molecule has 0 aromatic heterocycles. The fourth-order valence-corrected chi connectivity index (χ4v) is 4.06. The van der Waals surface area contributed by atoms with E-state index in [2.05, 4.69) is 13.2 Å². The quantitative estimate of drug-likeness (QED) is 0.641. The lowest BCUT2D eigenvalue weighted by Gasteiger charge is -2.39. The molecule has 0 aromatic rings. The largest absolute Gasteiger partial charge is 0.380 e. The summed E-state index contributed by atoms with van der Waals surface area (Å²) in [5, 5.41) is 0. The normalized spacial score (nSPS) is 26.4. The van der Waals surface area contributed by atoms with E-state index >= 15 is 0 Å². The van der Waals surface area contributed by atoms with Crippen LogP contribution in [0.3, 0.4) is 0 Å². The molecule has 68 valence electrons. The second kappa shape index (κ2) is 4.36. The van der Waals surface area contributed by atoms with Crippen molar-refractivity contribution in [2.24, 2.45) is 0 Å². The number of hydrogen-bond acceptors (Lipinski definition) is 1. The molecule has 1 aliphatic heterocycles. The van der Waals surface area contributed by atoms with Crippen LogP contribution in [0.4, 0.5) is 0 Å². The number of rotatable bonds is 3. The summed E-state index contributed by atoms with van der Waals surface area (Å²) in [7, 11) is -0.227. The van der Waals surface area contributed by atoms with E-state index in [4.69, 9.17) is 4.74 Å². The van der Waals surface area contributed by atoms with Gasteiger partial charge in [0.25, 0.3) is 0 Å². The monoisotopic (exact) mass is 176 g/mol. The zero-order chi connectivity index (χ0) is 8.16. The van der Waals surface area contributed by atoms with Crippen molar-refractivity contribution >= 4 is 10.0 Å². The van der Waals surface area contributed by atoms with Gasteiger partial charge in [-0.25, -0.2) is 10.0 Å². The molecule has 1 nitrogen and oxygen atoms in total. The molecule has 0 N–H and O–H groups in total. The van der Waals surface area contributed by atoms with Crippen LogP contribution in [0.2, 0.25) is 0 Å². The summed E-state index contributed by atoms with van der Waals surface area (Å²) < 4.78 is 5.37. The highest BCUT2D eigenvalue weighted by Crippen LogP contribution is 2.45. The molecular weight excluding hydrogens is 156 g/mol. The Balaban J connectivity index is 2.25. The highest BCUT2D eigenvalue weighted by Gasteiger charge is 2.20. The van der Waals surface area contributed by atoms with Crippen LogP contribution >= 0.6 is 10.0 Å². The lowest BCUT2D eigenvalue weighted by molar-refractivity contribution is 0.159. The molecule has 1 fully saturated rings. The van der Waals surface area contributed by atoms with Crippen molar-refractivity contribution in [2.75, 3.05) is 36.7 Å². The summed E-state index contributed by atoms with van der Waals surface area (Å²) in [6.45, 7) is 4.33. The van der Waals surface area contributed by atoms with Crippen molar-refractivity contribution in [1.29, 1.82) is 0 Å². The summed E-state index contributed by atoms with van der Waals surface area (Å²) in [6, 6.07) is 0. The van der Waals surface area contributed by atoms with Gasteiger partial charge in [-0.05, 0) is 18.4 Å². The first-order chi connectivity index (χ1) is 5.27. The van der Waals surface area contributed by atoms with Crippen molar-refractivity contribution in [3.8, 4) is 0 Å². The van der Waals surface area contributed by atoms with Crippen LogP contribution in [-0.2, 0) is 4.74 Å². The second-order valence-electron chi connectivity index (χ2n) is 3.56. The van der Waals surface area contributed by atoms with Crippen LogP contribution in [-0.4, -0.2) is 36.7 Å². The summed E-state index contributed by atoms with van der Waals surface area (Å²) >= 11 is 0. The van der Waals surface area contributed by atoms with E-state index in [1.165, 1.54) is 30.1 Å². The topological polar surface area (TPSA) is 9.23 Å². The Bertz CT molecular complexity index is 108. The number of hydrogen-bond donors (Lipinski definition) is 0. The smallest absolute Gasteiger partial charge is 0.0542 e. The number of ether oxygens (including phenoxy) is 1. The van der Waals surface area contributed by atoms with Gasteiger partial charge in [-0.1, -0.05) is 13.3 Å². The minimum absolute atomic E-state index is 0.227. The molecular formula is C9H20OS.